The van der Waals surface area contributed by atoms with Gasteiger partial charge < -0.3 is 15.7 Å². The Morgan fingerprint density at radius 2 is 2.43 bits per heavy atom. The van der Waals surface area contributed by atoms with Gasteiger partial charge in [-0.25, -0.2) is 0 Å². The van der Waals surface area contributed by atoms with Crippen molar-refractivity contribution in [1.29, 1.82) is 0 Å². The Morgan fingerprint density at radius 3 is 2.86 bits per heavy atom. The Kier molecular flexibility index (Phi) is 3.80. The maximum absolute atomic E-state index is 11.5. The van der Waals surface area contributed by atoms with Gasteiger partial charge in [0, 0.05) is 18.8 Å². The summed E-state index contributed by atoms with van der Waals surface area (Å²) in [7, 11) is 0. The van der Waals surface area contributed by atoms with Crippen LogP contribution in [0.1, 0.15) is 13.3 Å². The van der Waals surface area contributed by atoms with Gasteiger partial charge in [-0.15, -0.1) is 0 Å². The number of carbonyl (C=O) groups is 1. The van der Waals surface area contributed by atoms with E-state index in [2.05, 4.69) is 0 Å². The molecular formula is C9H18N2O2S. The molecule has 82 valence electrons. The second kappa shape index (κ2) is 4.51. The summed E-state index contributed by atoms with van der Waals surface area (Å²) in [6.45, 7) is 2.81. The molecule has 4 nitrogen and oxygen atoms in total. The van der Waals surface area contributed by atoms with Crippen LogP contribution < -0.4 is 5.73 Å². The molecule has 2 unspecified atom stereocenters. The lowest BCUT2D eigenvalue weighted by Crippen LogP contribution is -2.45. The van der Waals surface area contributed by atoms with Crippen molar-refractivity contribution in [1.82, 2.24) is 4.90 Å². The minimum absolute atomic E-state index is 0.0358. The monoisotopic (exact) mass is 218 g/mol. The molecule has 1 saturated heterocycles. The number of hydrogen-bond donors (Lipinski definition) is 2. The highest BCUT2D eigenvalue weighted by atomic mass is 32.2. The van der Waals surface area contributed by atoms with E-state index in [-0.39, 0.29) is 11.9 Å². The van der Waals surface area contributed by atoms with Crippen LogP contribution in [0.25, 0.3) is 0 Å². The molecule has 3 N–H and O–H groups in total. The summed E-state index contributed by atoms with van der Waals surface area (Å²) in [5, 5.41) is 9.92. The summed E-state index contributed by atoms with van der Waals surface area (Å²) in [5.74, 6) is 0.595. The molecule has 0 aliphatic carbocycles. The van der Waals surface area contributed by atoms with Gasteiger partial charge in [-0.2, -0.15) is 11.8 Å². The molecule has 14 heavy (non-hydrogen) atoms. The van der Waals surface area contributed by atoms with Gasteiger partial charge in [0.05, 0.1) is 11.6 Å². The molecule has 2 atom stereocenters. The fourth-order valence-corrected chi connectivity index (χ4v) is 2.40. The number of nitrogens with zero attached hydrogens (tertiary/aromatic N) is 1. The van der Waals surface area contributed by atoms with Gasteiger partial charge in [-0.1, -0.05) is 0 Å². The van der Waals surface area contributed by atoms with Gasteiger partial charge in [0.1, 0.15) is 0 Å². The highest BCUT2D eigenvalue weighted by molar-refractivity contribution is 7.98. The van der Waals surface area contributed by atoms with Crippen LogP contribution in [0.3, 0.4) is 0 Å². The van der Waals surface area contributed by atoms with E-state index in [0.29, 0.717) is 25.3 Å². The summed E-state index contributed by atoms with van der Waals surface area (Å²) in [6.07, 6.45) is 2.64. The van der Waals surface area contributed by atoms with Crippen molar-refractivity contribution in [3.63, 3.8) is 0 Å². The van der Waals surface area contributed by atoms with E-state index in [0.717, 1.165) is 0 Å². The van der Waals surface area contributed by atoms with Gasteiger partial charge in [0.2, 0.25) is 5.91 Å². The predicted octanol–water partition coefficient (Wildman–Crippen LogP) is -0.340. The number of hydrogen-bond acceptors (Lipinski definition) is 4. The van der Waals surface area contributed by atoms with Crippen molar-refractivity contribution in [2.24, 2.45) is 5.73 Å². The van der Waals surface area contributed by atoms with Gasteiger partial charge >= 0.3 is 0 Å². The molecule has 0 bridgehead atoms. The van der Waals surface area contributed by atoms with Gasteiger partial charge in [-0.3, -0.25) is 4.79 Å². The highest BCUT2D eigenvalue weighted by Crippen LogP contribution is 2.17. The van der Waals surface area contributed by atoms with Crippen LogP contribution in [0, 0.1) is 0 Å². The number of nitrogens with two attached hydrogens (primary N) is 1. The third kappa shape index (κ3) is 2.87. The molecule has 0 aromatic heterocycles. The van der Waals surface area contributed by atoms with Crippen molar-refractivity contribution in [3.05, 3.63) is 0 Å². The Morgan fingerprint density at radius 1 is 1.79 bits per heavy atom. The molecule has 1 rings (SSSR count). The van der Waals surface area contributed by atoms with Crippen LogP contribution in [-0.4, -0.2) is 52.7 Å². The molecule has 5 heteroatoms. The molecular weight excluding hydrogens is 200 g/mol. The van der Waals surface area contributed by atoms with Crippen molar-refractivity contribution in [2.75, 3.05) is 25.1 Å². The fourth-order valence-electron chi connectivity index (χ4n) is 1.69. The zero-order valence-electron chi connectivity index (χ0n) is 8.69. The number of carbonyl (C=O) groups excluding carboxylic acids is 1. The Balaban J connectivity index is 2.48. The smallest absolute Gasteiger partial charge is 0.239 e. The fraction of sp³-hybridized carbons (Fsp3) is 0.889. The molecule has 0 spiro atoms. The van der Waals surface area contributed by atoms with E-state index in [1.807, 2.05) is 6.26 Å². The van der Waals surface area contributed by atoms with E-state index < -0.39 is 5.60 Å². The minimum Gasteiger partial charge on any atom is -0.387 e. The van der Waals surface area contributed by atoms with Crippen molar-refractivity contribution in [3.8, 4) is 0 Å². The quantitative estimate of drug-likeness (QED) is 0.677. The SMILES string of the molecule is CSCC(C)(O)CN1CCC(N)C1=O. The normalized spacial score (nSPS) is 26.7. The Labute approximate surface area is 88.8 Å². The molecule has 0 saturated carbocycles. The molecule has 0 aromatic rings. The second-order valence-electron chi connectivity index (χ2n) is 4.08. The predicted molar refractivity (Wildman–Crippen MR) is 58.2 cm³/mol. The second-order valence-corrected chi connectivity index (χ2v) is 4.95. The number of likely N-dealkylation sites (tertiary alicyclic amines) is 1. The number of aliphatic hydroxyl groups is 1. The lowest BCUT2D eigenvalue weighted by Gasteiger charge is -2.28. The van der Waals surface area contributed by atoms with Gasteiger partial charge in [0.25, 0.3) is 0 Å². The van der Waals surface area contributed by atoms with Crippen molar-refractivity contribution < 1.29 is 9.90 Å². The molecule has 1 heterocycles. The highest BCUT2D eigenvalue weighted by Gasteiger charge is 2.33. The zero-order valence-corrected chi connectivity index (χ0v) is 9.51. The zero-order chi connectivity index (χ0) is 10.8. The molecule has 1 aliphatic rings. The molecule has 1 aliphatic heterocycles. The third-order valence-corrected chi connectivity index (χ3v) is 3.24. The summed E-state index contributed by atoms with van der Waals surface area (Å²) >= 11 is 1.57. The third-order valence-electron chi connectivity index (χ3n) is 2.33. The Hall–Kier alpha value is -0.260. The first kappa shape index (κ1) is 11.8. The number of amides is 1. The maximum atomic E-state index is 11.5. The van der Waals surface area contributed by atoms with Crippen LogP contribution in [0.2, 0.25) is 0 Å². The summed E-state index contributed by atoms with van der Waals surface area (Å²) in [6, 6.07) is -0.361. The van der Waals surface area contributed by atoms with Crippen molar-refractivity contribution >= 4 is 17.7 Å². The van der Waals surface area contributed by atoms with Gasteiger partial charge in [0.15, 0.2) is 0 Å². The topological polar surface area (TPSA) is 66.6 Å². The minimum atomic E-state index is -0.806. The largest absolute Gasteiger partial charge is 0.387 e. The molecule has 0 radical (unpaired) electrons. The first-order valence-corrected chi connectivity index (χ1v) is 6.11. The van der Waals surface area contributed by atoms with Crippen LogP contribution in [-0.2, 0) is 4.79 Å². The summed E-state index contributed by atoms with van der Waals surface area (Å²) in [4.78, 5) is 13.1. The number of β-amino-alcohol motifs (C(OH)–C–C–N with tert-alkyl or cyclic N) is 1. The average molecular weight is 218 g/mol. The van der Waals surface area contributed by atoms with Crippen LogP contribution in [0.4, 0.5) is 0 Å². The van der Waals surface area contributed by atoms with E-state index in [1.54, 1.807) is 23.6 Å². The summed E-state index contributed by atoms with van der Waals surface area (Å²) in [5.41, 5.74) is 4.78. The lowest BCUT2D eigenvalue weighted by molar-refractivity contribution is -0.131. The van der Waals surface area contributed by atoms with Gasteiger partial charge in [-0.05, 0) is 19.6 Å². The Bertz CT molecular complexity index is 221. The molecule has 1 fully saturated rings. The van der Waals surface area contributed by atoms with E-state index >= 15 is 0 Å². The average Bonchev–Trinajstić information content (AvgIpc) is 2.35. The van der Waals surface area contributed by atoms with E-state index in [9.17, 15) is 9.90 Å². The summed E-state index contributed by atoms with van der Waals surface area (Å²) < 4.78 is 0. The standard InChI is InChI=1S/C9H18N2O2S/c1-9(13,6-14-2)5-11-4-3-7(10)8(11)12/h7,13H,3-6,10H2,1-2H3. The van der Waals surface area contributed by atoms with E-state index in [1.165, 1.54) is 0 Å². The first-order valence-electron chi connectivity index (χ1n) is 4.72. The maximum Gasteiger partial charge on any atom is 0.239 e. The lowest BCUT2D eigenvalue weighted by atomic mass is 10.1. The van der Waals surface area contributed by atoms with E-state index in [4.69, 9.17) is 5.73 Å². The first-order chi connectivity index (χ1) is 6.46. The van der Waals surface area contributed by atoms with Crippen molar-refractivity contribution in [2.45, 2.75) is 25.0 Å². The van der Waals surface area contributed by atoms with Crippen LogP contribution in [0.5, 0.6) is 0 Å². The molecule has 1 amide bonds. The molecule has 0 aromatic carbocycles. The van der Waals surface area contributed by atoms with Crippen LogP contribution >= 0.6 is 11.8 Å². The number of rotatable bonds is 4. The van der Waals surface area contributed by atoms with Crippen LogP contribution in [0.15, 0.2) is 0 Å². The number of thioether (sulfide) groups is 1.